The Balaban J connectivity index is 1.35. The summed E-state index contributed by atoms with van der Waals surface area (Å²) in [4.78, 5) is 43.3. The molecule has 3 aromatic rings. The van der Waals surface area contributed by atoms with Gasteiger partial charge in [-0.15, -0.1) is 0 Å². The van der Waals surface area contributed by atoms with E-state index in [1.54, 1.807) is 18.2 Å². The molecule has 2 fully saturated rings. The standard InChI is InChI=1S/C33H37F2N5O3/c34-27-13-7-23(20-28(27)35)33(43)38-29-21-24(32(42)37-26-11-9-25(36)10-12-26)8-14-30(29)39-15-4-16-40(18-17-39)31(41)19-22-5-2-1-3-6-22/h1-3,5-8,13-14,20-21,25-26H,4,9-12,15-19,36H2,(H,37,42)(H,38,43). The summed E-state index contributed by atoms with van der Waals surface area (Å²) in [7, 11) is 0. The van der Waals surface area contributed by atoms with Gasteiger partial charge < -0.3 is 26.2 Å². The molecule has 1 aliphatic heterocycles. The molecule has 0 spiro atoms. The summed E-state index contributed by atoms with van der Waals surface area (Å²) in [5.74, 6) is -3.01. The number of amides is 3. The Kier molecular flexibility index (Phi) is 9.66. The van der Waals surface area contributed by atoms with Gasteiger partial charge in [-0.1, -0.05) is 30.3 Å². The monoisotopic (exact) mass is 589 g/mol. The van der Waals surface area contributed by atoms with E-state index in [1.807, 2.05) is 35.2 Å². The van der Waals surface area contributed by atoms with Crippen LogP contribution in [0.3, 0.4) is 0 Å². The van der Waals surface area contributed by atoms with Gasteiger partial charge in [-0.25, -0.2) is 8.78 Å². The van der Waals surface area contributed by atoms with Crippen LogP contribution in [0.4, 0.5) is 20.2 Å². The number of hydrogen-bond donors (Lipinski definition) is 3. The van der Waals surface area contributed by atoms with E-state index in [0.717, 1.165) is 43.4 Å². The zero-order chi connectivity index (χ0) is 30.3. The third-order valence-corrected chi connectivity index (χ3v) is 8.18. The van der Waals surface area contributed by atoms with E-state index < -0.39 is 17.5 Å². The number of benzene rings is 3. The summed E-state index contributed by atoms with van der Waals surface area (Å²) in [5, 5.41) is 5.89. The lowest BCUT2D eigenvalue weighted by Gasteiger charge is -2.28. The number of nitrogens with zero attached hydrogens (tertiary/aromatic N) is 2. The molecule has 1 aliphatic carbocycles. The predicted molar refractivity (Wildman–Crippen MR) is 162 cm³/mol. The number of carbonyl (C=O) groups is 3. The smallest absolute Gasteiger partial charge is 0.255 e. The molecule has 0 unspecified atom stereocenters. The second-order valence-electron chi connectivity index (χ2n) is 11.3. The van der Waals surface area contributed by atoms with Crippen LogP contribution in [0, 0.1) is 11.6 Å². The molecule has 1 saturated carbocycles. The number of halogens is 2. The summed E-state index contributed by atoms with van der Waals surface area (Å²) in [6, 6.07) is 17.9. The van der Waals surface area contributed by atoms with Crippen molar-refractivity contribution in [3.05, 3.63) is 95.1 Å². The summed E-state index contributed by atoms with van der Waals surface area (Å²) < 4.78 is 27.4. The minimum absolute atomic E-state index is 0.0252. The van der Waals surface area contributed by atoms with Crippen molar-refractivity contribution in [2.24, 2.45) is 5.73 Å². The van der Waals surface area contributed by atoms with Gasteiger partial charge in [0.05, 0.1) is 17.8 Å². The molecular weight excluding hydrogens is 552 g/mol. The third kappa shape index (κ3) is 7.75. The van der Waals surface area contributed by atoms with Gasteiger partial charge in [0.15, 0.2) is 11.6 Å². The molecule has 3 aromatic carbocycles. The fourth-order valence-corrected chi connectivity index (χ4v) is 5.71. The van der Waals surface area contributed by atoms with Crippen molar-refractivity contribution in [3.63, 3.8) is 0 Å². The predicted octanol–water partition coefficient (Wildman–Crippen LogP) is 4.50. The Morgan fingerprint density at radius 1 is 0.791 bits per heavy atom. The lowest BCUT2D eigenvalue weighted by atomic mass is 9.91. The van der Waals surface area contributed by atoms with Crippen molar-refractivity contribution in [2.75, 3.05) is 36.4 Å². The van der Waals surface area contributed by atoms with Crippen LogP contribution in [0.25, 0.3) is 0 Å². The quantitative estimate of drug-likeness (QED) is 0.376. The van der Waals surface area contributed by atoms with Crippen LogP contribution < -0.4 is 21.3 Å². The lowest BCUT2D eigenvalue weighted by Crippen LogP contribution is -2.40. The van der Waals surface area contributed by atoms with Gasteiger partial charge in [-0.05, 0) is 74.1 Å². The highest BCUT2D eigenvalue weighted by atomic mass is 19.2. The molecule has 8 nitrogen and oxygen atoms in total. The maximum Gasteiger partial charge on any atom is 0.255 e. The molecule has 1 saturated heterocycles. The van der Waals surface area contributed by atoms with Crippen molar-refractivity contribution < 1.29 is 23.2 Å². The Hall–Kier alpha value is -4.31. The molecule has 0 bridgehead atoms. The highest BCUT2D eigenvalue weighted by Crippen LogP contribution is 2.30. The first-order chi connectivity index (χ1) is 20.8. The minimum Gasteiger partial charge on any atom is -0.368 e. The molecule has 5 rings (SSSR count). The zero-order valence-corrected chi connectivity index (χ0v) is 24.0. The van der Waals surface area contributed by atoms with Gasteiger partial charge in [-0.3, -0.25) is 14.4 Å². The van der Waals surface area contributed by atoms with E-state index in [1.165, 1.54) is 6.07 Å². The maximum atomic E-state index is 13.9. The van der Waals surface area contributed by atoms with E-state index >= 15 is 0 Å². The van der Waals surface area contributed by atoms with Crippen LogP contribution in [0.15, 0.2) is 66.7 Å². The highest BCUT2D eigenvalue weighted by molar-refractivity contribution is 6.07. The summed E-state index contributed by atoms with van der Waals surface area (Å²) in [6.45, 7) is 2.23. The molecule has 0 aromatic heterocycles. The van der Waals surface area contributed by atoms with Gasteiger partial charge in [0.1, 0.15) is 0 Å². The van der Waals surface area contributed by atoms with E-state index in [0.29, 0.717) is 56.0 Å². The average molecular weight is 590 g/mol. The number of carbonyl (C=O) groups excluding carboxylic acids is 3. The number of anilines is 2. The second-order valence-corrected chi connectivity index (χ2v) is 11.3. The minimum atomic E-state index is -1.12. The van der Waals surface area contributed by atoms with Crippen LogP contribution >= 0.6 is 0 Å². The summed E-state index contributed by atoms with van der Waals surface area (Å²) >= 11 is 0. The van der Waals surface area contributed by atoms with E-state index in [2.05, 4.69) is 15.5 Å². The van der Waals surface area contributed by atoms with Crippen molar-refractivity contribution >= 4 is 29.1 Å². The summed E-state index contributed by atoms with van der Waals surface area (Å²) in [5.41, 5.74) is 8.33. The molecule has 226 valence electrons. The van der Waals surface area contributed by atoms with Crippen LogP contribution in [0.5, 0.6) is 0 Å². The van der Waals surface area contributed by atoms with Crippen LogP contribution in [0.2, 0.25) is 0 Å². The largest absolute Gasteiger partial charge is 0.368 e. The number of nitrogens with one attached hydrogen (secondary N) is 2. The molecular formula is C33H37F2N5O3. The van der Waals surface area contributed by atoms with E-state index in [9.17, 15) is 23.2 Å². The third-order valence-electron chi connectivity index (χ3n) is 8.18. The van der Waals surface area contributed by atoms with Gasteiger partial charge in [0.25, 0.3) is 11.8 Å². The molecule has 10 heteroatoms. The van der Waals surface area contributed by atoms with Gasteiger partial charge >= 0.3 is 0 Å². The Labute approximate surface area is 250 Å². The average Bonchev–Trinajstić information content (AvgIpc) is 3.26. The Morgan fingerprint density at radius 3 is 2.26 bits per heavy atom. The molecule has 1 heterocycles. The van der Waals surface area contributed by atoms with Crippen molar-refractivity contribution in [1.29, 1.82) is 0 Å². The van der Waals surface area contributed by atoms with E-state index in [4.69, 9.17) is 5.73 Å². The molecule has 3 amide bonds. The Bertz CT molecular complexity index is 1460. The first kappa shape index (κ1) is 30.2. The number of nitrogens with two attached hydrogens (primary N) is 1. The highest BCUT2D eigenvalue weighted by Gasteiger charge is 2.24. The van der Waals surface area contributed by atoms with Gasteiger partial charge in [-0.2, -0.15) is 0 Å². The molecule has 0 atom stereocenters. The topological polar surface area (TPSA) is 108 Å². The zero-order valence-electron chi connectivity index (χ0n) is 24.0. The van der Waals surface area contributed by atoms with Crippen LogP contribution in [0.1, 0.15) is 58.4 Å². The van der Waals surface area contributed by atoms with Gasteiger partial charge in [0, 0.05) is 49.4 Å². The fraction of sp³-hybridized carbons (Fsp3) is 0.364. The number of hydrogen-bond acceptors (Lipinski definition) is 5. The van der Waals surface area contributed by atoms with Crippen LogP contribution in [-0.2, 0) is 11.2 Å². The van der Waals surface area contributed by atoms with Crippen LogP contribution in [-0.4, -0.2) is 60.9 Å². The van der Waals surface area contributed by atoms with E-state index in [-0.39, 0.29) is 29.5 Å². The second kappa shape index (κ2) is 13.8. The molecule has 0 radical (unpaired) electrons. The fourth-order valence-electron chi connectivity index (χ4n) is 5.71. The molecule has 4 N–H and O–H groups in total. The van der Waals surface area contributed by atoms with Crippen molar-refractivity contribution in [3.8, 4) is 0 Å². The normalized spacial score (nSPS) is 19.0. The maximum absolute atomic E-state index is 13.9. The summed E-state index contributed by atoms with van der Waals surface area (Å²) in [6.07, 6.45) is 4.34. The molecule has 2 aliphatic rings. The first-order valence-electron chi connectivity index (χ1n) is 14.8. The first-order valence-corrected chi connectivity index (χ1v) is 14.8. The number of rotatable bonds is 7. The molecule has 43 heavy (non-hydrogen) atoms. The van der Waals surface area contributed by atoms with Crippen molar-refractivity contribution in [2.45, 2.75) is 50.6 Å². The van der Waals surface area contributed by atoms with Crippen molar-refractivity contribution in [1.82, 2.24) is 10.2 Å². The lowest BCUT2D eigenvalue weighted by molar-refractivity contribution is -0.130. The SMILES string of the molecule is NC1CCC(NC(=O)c2ccc(N3CCCN(C(=O)Cc4ccccc4)CC3)c(NC(=O)c3ccc(F)c(F)c3)c2)CC1. The Morgan fingerprint density at radius 2 is 1.51 bits per heavy atom. The van der Waals surface area contributed by atoms with Gasteiger partial charge in [0.2, 0.25) is 5.91 Å².